The van der Waals surface area contributed by atoms with Crippen molar-refractivity contribution in [2.45, 2.75) is 50.5 Å². The molecule has 0 radical (unpaired) electrons. The van der Waals surface area contributed by atoms with Crippen LogP contribution in [-0.2, 0) is 4.79 Å². The van der Waals surface area contributed by atoms with Gasteiger partial charge in [0, 0.05) is 37.8 Å². The molecule has 9 nitrogen and oxygen atoms in total. The van der Waals surface area contributed by atoms with E-state index in [1.165, 1.54) is 23.4 Å². The molecule has 0 aliphatic carbocycles. The zero-order valence-electron chi connectivity index (χ0n) is 18.3. The van der Waals surface area contributed by atoms with E-state index in [0.29, 0.717) is 30.6 Å². The number of rotatable bonds is 4. The van der Waals surface area contributed by atoms with Gasteiger partial charge in [-0.2, -0.15) is 4.39 Å². The highest BCUT2D eigenvalue weighted by molar-refractivity contribution is 5.85. The van der Waals surface area contributed by atoms with E-state index in [0.717, 1.165) is 0 Å². The Kier molecular flexibility index (Phi) is 6.61. The number of β-amino-alcohol motifs (C(OH)–C–C–N with tert-alkyl or cyclic N) is 1. The molecule has 4 rings (SSSR count). The molecule has 33 heavy (non-hydrogen) atoms. The summed E-state index contributed by atoms with van der Waals surface area (Å²) in [6.07, 6.45) is 0.188. The fraction of sp³-hybridized carbons (Fsp3) is 0.500. The lowest BCUT2D eigenvalue weighted by Gasteiger charge is -2.40. The minimum Gasteiger partial charge on any atom is -0.390 e. The number of hydrogen-bond donors (Lipinski definition) is 4. The average Bonchev–Trinajstić information content (AvgIpc) is 2.87. The highest BCUT2D eigenvalue weighted by Gasteiger charge is 2.40. The molecular formula is C22H28F2N6O3. The van der Waals surface area contributed by atoms with Crippen LogP contribution < -0.4 is 16.0 Å². The van der Waals surface area contributed by atoms with Crippen molar-refractivity contribution in [2.75, 3.05) is 35.6 Å². The van der Waals surface area contributed by atoms with Crippen LogP contribution >= 0.6 is 0 Å². The van der Waals surface area contributed by atoms with Gasteiger partial charge in [0.1, 0.15) is 18.2 Å². The second-order valence-electron chi connectivity index (χ2n) is 8.71. The van der Waals surface area contributed by atoms with Gasteiger partial charge in [-0.1, -0.05) is 0 Å². The van der Waals surface area contributed by atoms with Crippen LogP contribution in [-0.4, -0.2) is 74.9 Å². The maximum Gasteiger partial charge on any atom is 0.245 e. The number of carbonyl (C=O) groups excluding carboxylic acids is 1. The number of amides is 1. The van der Waals surface area contributed by atoms with E-state index in [-0.39, 0.29) is 43.1 Å². The SMILES string of the molecule is Cc1cc(F)cc(NC2CC(O)C(O)CN(C3CCCN(c4ncnc(N)c4F)C3)C2=O)c1. The predicted molar refractivity (Wildman–Crippen MR) is 119 cm³/mol. The summed E-state index contributed by atoms with van der Waals surface area (Å²) in [5, 5.41) is 23.9. The molecule has 1 aromatic heterocycles. The van der Waals surface area contributed by atoms with E-state index in [2.05, 4.69) is 15.3 Å². The third-order valence-electron chi connectivity index (χ3n) is 6.20. The van der Waals surface area contributed by atoms with Crippen molar-refractivity contribution in [2.24, 2.45) is 0 Å². The molecule has 4 atom stereocenters. The third-order valence-corrected chi connectivity index (χ3v) is 6.20. The molecule has 0 bridgehead atoms. The maximum atomic E-state index is 14.5. The van der Waals surface area contributed by atoms with Gasteiger partial charge in [-0.15, -0.1) is 0 Å². The monoisotopic (exact) mass is 462 g/mol. The predicted octanol–water partition coefficient (Wildman–Crippen LogP) is 1.05. The first-order valence-electron chi connectivity index (χ1n) is 10.9. The number of nitrogens with two attached hydrogens (primary N) is 1. The number of likely N-dealkylation sites (tertiary alicyclic amines) is 1. The molecular weight excluding hydrogens is 434 g/mol. The lowest BCUT2D eigenvalue weighted by molar-refractivity contribution is -0.135. The summed E-state index contributed by atoms with van der Waals surface area (Å²) in [5.74, 6) is -1.65. The average molecular weight is 463 g/mol. The molecule has 5 N–H and O–H groups in total. The second kappa shape index (κ2) is 9.44. The molecule has 3 heterocycles. The smallest absolute Gasteiger partial charge is 0.245 e. The molecule has 2 aliphatic heterocycles. The topological polar surface area (TPSA) is 128 Å². The Bertz CT molecular complexity index is 1010. The molecule has 2 fully saturated rings. The molecule has 1 aromatic carbocycles. The molecule has 2 aromatic rings. The number of benzene rings is 1. The number of hydrogen-bond acceptors (Lipinski definition) is 8. The Labute approximate surface area is 190 Å². The van der Waals surface area contributed by atoms with Crippen LogP contribution in [0.4, 0.5) is 26.1 Å². The van der Waals surface area contributed by atoms with E-state index in [1.807, 2.05) is 0 Å². The lowest BCUT2D eigenvalue weighted by atomic mass is 10.0. The molecule has 178 valence electrons. The summed E-state index contributed by atoms with van der Waals surface area (Å²) >= 11 is 0. The summed E-state index contributed by atoms with van der Waals surface area (Å²) in [6.45, 7) is 2.49. The standard InChI is InChI=1S/C22H28F2N6O3/c1-12-5-13(23)7-14(6-12)28-16-8-17(31)18(32)10-30(22(16)33)15-3-2-4-29(9-15)21-19(24)20(25)26-11-27-21/h5-7,11,15-18,28,31-32H,2-4,8-10H2,1H3,(H2,25,26,27). The zero-order chi connectivity index (χ0) is 23.7. The number of aliphatic hydroxyl groups is 2. The van der Waals surface area contributed by atoms with Crippen LogP contribution in [0.5, 0.6) is 0 Å². The molecule has 11 heteroatoms. The van der Waals surface area contributed by atoms with Crippen LogP contribution in [0.2, 0.25) is 0 Å². The number of aliphatic hydroxyl groups excluding tert-OH is 2. The first-order valence-corrected chi connectivity index (χ1v) is 10.9. The van der Waals surface area contributed by atoms with E-state index < -0.39 is 29.9 Å². The Balaban J connectivity index is 1.57. The molecule has 0 saturated carbocycles. The van der Waals surface area contributed by atoms with Crippen LogP contribution in [0.25, 0.3) is 0 Å². The van der Waals surface area contributed by atoms with E-state index in [4.69, 9.17) is 5.73 Å². The molecule has 2 aliphatic rings. The first-order chi connectivity index (χ1) is 15.7. The number of aryl methyl sites for hydroxylation is 1. The van der Waals surface area contributed by atoms with Crippen molar-refractivity contribution in [3.05, 3.63) is 41.7 Å². The van der Waals surface area contributed by atoms with Crippen LogP contribution in [0.1, 0.15) is 24.8 Å². The number of halogens is 2. The minimum atomic E-state index is -1.14. The van der Waals surface area contributed by atoms with Gasteiger partial charge in [-0.05, 0) is 43.5 Å². The van der Waals surface area contributed by atoms with Crippen LogP contribution in [0, 0.1) is 18.6 Å². The van der Waals surface area contributed by atoms with Gasteiger partial charge in [-0.25, -0.2) is 14.4 Å². The first kappa shape index (κ1) is 23.1. The maximum absolute atomic E-state index is 14.5. The molecule has 4 unspecified atom stereocenters. The van der Waals surface area contributed by atoms with Gasteiger partial charge in [-0.3, -0.25) is 4.79 Å². The van der Waals surface area contributed by atoms with Crippen molar-refractivity contribution in [1.82, 2.24) is 14.9 Å². The number of anilines is 3. The molecule has 0 spiro atoms. The van der Waals surface area contributed by atoms with Crippen molar-refractivity contribution in [3.8, 4) is 0 Å². The fourth-order valence-corrected chi connectivity index (χ4v) is 4.58. The highest BCUT2D eigenvalue weighted by atomic mass is 19.1. The van der Waals surface area contributed by atoms with E-state index >= 15 is 0 Å². The third kappa shape index (κ3) is 4.98. The van der Waals surface area contributed by atoms with Crippen molar-refractivity contribution in [1.29, 1.82) is 0 Å². The van der Waals surface area contributed by atoms with Gasteiger partial charge in [0.05, 0.1) is 12.2 Å². The number of nitrogens with one attached hydrogen (secondary N) is 1. The Hall–Kier alpha value is -3.05. The summed E-state index contributed by atoms with van der Waals surface area (Å²) in [5.41, 5.74) is 6.68. The van der Waals surface area contributed by atoms with Gasteiger partial charge in [0.15, 0.2) is 11.6 Å². The number of nitrogen functional groups attached to an aromatic ring is 1. The fourth-order valence-electron chi connectivity index (χ4n) is 4.58. The minimum absolute atomic E-state index is 0.0282. The normalized spacial score (nSPS) is 26.3. The van der Waals surface area contributed by atoms with Crippen molar-refractivity contribution in [3.63, 3.8) is 0 Å². The highest BCUT2D eigenvalue weighted by Crippen LogP contribution is 2.28. The number of piperidine rings is 1. The number of aromatic nitrogens is 2. The van der Waals surface area contributed by atoms with E-state index in [9.17, 15) is 23.8 Å². The Morgan fingerprint density at radius 2 is 1.94 bits per heavy atom. The Morgan fingerprint density at radius 3 is 2.70 bits per heavy atom. The second-order valence-corrected chi connectivity index (χ2v) is 8.71. The van der Waals surface area contributed by atoms with Crippen molar-refractivity contribution < 1.29 is 23.8 Å². The summed E-state index contributed by atoms with van der Waals surface area (Å²) in [7, 11) is 0. The zero-order valence-corrected chi connectivity index (χ0v) is 18.3. The molecule has 1 amide bonds. The van der Waals surface area contributed by atoms with Gasteiger partial charge < -0.3 is 31.1 Å². The summed E-state index contributed by atoms with van der Waals surface area (Å²) < 4.78 is 28.3. The molecule has 2 saturated heterocycles. The summed E-state index contributed by atoms with van der Waals surface area (Å²) in [4.78, 5) is 24.4. The quantitative estimate of drug-likeness (QED) is 0.531. The van der Waals surface area contributed by atoms with Crippen LogP contribution in [0.15, 0.2) is 24.5 Å². The summed E-state index contributed by atoms with van der Waals surface area (Å²) in [6, 6.07) is 3.16. The van der Waals surface area contributed by atoms with Crippen molar-refractivity contribution >= 4 is 23.2 Å². The van der Waals surface area contributed by atoms with E-state index in [1.54, 1.807) is 17.9 Å². The number of carbonyl (C=O) groups is 1. The van der Waals surface area contributed by atoms with Gasteiger partial charge >= 0.3 is 0 Å². The van der Waals surface area contributed by atoms with Crippen LogP contribution in [0.3, 0.4) is 0 Å². The van der Waals surface area contributed by atoms with Gasteiger partial charge in [0.2, 0.25) is 11.7 Å². The largest absolute Gasteiger partial charge is 0.390 e. The van der Waals surface area contributed by atoms with Gasteiger partial charge in [0.25, 0.3) is 0 Å². The number of nitrogens with zero attached hydrogens (tertiary/aromatic N) is 4. The Morgan fingerprint density at radius 1 is 1.15 bits per heavy atom. The lowest BCUT2D eigenvalue weighted by Crippen LogP contribution is -2.54.